The smallest absolute Gasteiger partial charge is 0.302 e. The molecule has 4 rings (SSSR count). The van der Waals surface area contributed by atoms with E-state index >= 15 is 0 Å². The van der Waals surface area contributed by atoms with E-state index in [1.165, 1.54) is 13.3 Å². The Morgan fingerprint density at radius 3 is 2.48 bits per heavy atom. The fourth-order valence-corrected chi connectivity index (χ4v) is 9.99. The molecule has 0 bridgehead atoms. The number of ether oxygens (including phenoxy) is 1. The van der Waals surface area contributed by atoms with Crippen molar-refractivity contribution in [1.82, 2.24) is 0 Å². The lowest BCUT2D eigenvalue weighted by atomic mass is 9.40. The summed E-state index contributed by atoms with van der Waals surface area (Å²) in [5, 5.41) is 33.0. The van der Waals surface area contributed by atoms with Gasteiger partial charge in [-0.05, 0) is 104 Å². The molecule has 0 spiro atoms. The summed E-state index contributed by atoms with van der Waals surface area (Å²) in [5.41, 5.74) is 0.0232. The molecule has 0 aromatic rings. The number of carbonyl (C=O) groups is 1. The third-order valence-corrected chi connectivity index (χ3v) is 11.2. The molecular weight excluding hydrogens is 416 g/mol. The van der Waals surface area contributed by atoms with Crippen molar-refractivity contribution in [3.05, 3.63) is 0 Å². The highest BCUT2D eigenvalue weighted by molar-refractivity contribution is 5.66. The number of rotatable bonds is 6. The van der Waals surface area contributed by atoms with Crippen molar-refractivity contribution in [2.45, 2.75) is 111 Å². The van der Waals surface area contributed by atoms with E-state index in [9.17, 15) is 20.1 Å². The lowest BCUT2D eigenvalue weighted by Crippen LogP contribution is -2.66. The molecule has 4 aliphatic carbocycles. The van der Waals surface area contributed by atoms with E-state index in [-0.39, 0.29) is 53.2 Å². The summed E-state index contributed by atoms with van der Waals surface area (Å²) in [4.78, 5) is 11.6. The van der Waals surface area contributed by atoms with Crippen molar-refractivity contribution in [3.8, 4) is 0 Å². The summed E-state index contributed by atoms with van der Waals surface area (Å²) in [5.74, 6) is 2.02. The largest absolute Gasteiger partial charge is 0.463 e. The number of esters is 1. The van der Waals surface area contributed by atoms with Crippen molar-refractivity contribution in [2.75, 3.05) is 6.61 Å². The number of hydrogen-bond acceptors (Lipinski definition) is 5. The molecule has 0 aromatic heterocycles. The van der Waals surface area contributed by atoms with E-state index in [4.69, 9.17) is 4.74 Å². The monoisotopic (exact) mass is 464 g/mol. The summed E-state index contributed by atoms with van der Waals surface area (Å²) in [6.45, 7) is 11.0. The van der Waals surface area contributed by atoms with Crippen LogP contribution in [0.2, 0.25) is 0 Å². The first-order chi connectivity index (χ1) is 15.6. The van der Waals surface area contributed by atoms with E-state index in [0.717, 1.165) is 51.4 Å². The van der Waals surface area contributed by atoms with Crippen LogP contribution in [0, 0.1) is 52.3 Å². The molecule has 5 heteroatoms. The van der Waals surface area contributed by atoms with Crippen molar-refractivity contribution < 1.29 is 24.9 Å². The second-order valence-electron chi connectivity index (χ2n) is 12.7. The summed E-state index contributed by atoms with van der Waals surface area (Å²) >= 11 is 0. The second-order valence-corrected chi connectivity index (χ2v) is 12.7. The second kappa shape index (κ2) is 9.43. The Kier molecular flexibility index (Phi) is 7.27. The van der Waals surface area contributed by atoms with Crippen LogP contribution in [0.25, 0.3) is 0 Å². The maximum Gasteiger partial charge on any atom is 0.302 e. The molecular formula is C28H48O5. The third-order valence-electron chi connectivity index (χ3n) is 11.2. The molecule has 5 nitrogen and oxygen atoms in total. The maximum absolute atomic E-state index is 11.9. The molecule has 190 valence electrons. The van der Waals surface area contributed by atoms with Gasteiger partial charge in [0.2, 0.25) is 0 Å². The summed E-state index contributed by atoms with van der Waals surface area (Å²) in [6, 6.07) is 0. The van der Waals surface area contributed by atoms with Gasteiger partial charge in [-0.1, -0.05) is 34.1 Å². The zero-order chi connectivity index (χ0) is 24.1. The number of fused-ring (bicyclic) bond motifs is 5. The topological polar surface area (TPSA) is 87.0 Å². The van der Waals surface area contributed by atoms with Gasteiger partial charge in [-0.3, -0.25) is 4.79 Å². The first-order valence-electron chi connectivity index (χ1n) is 13.7. The van der Waals surface area contributed by atoms with Gasteiger partial charge in [0.25, 0.3) is 0 Å². The van der Waals surface area contributed by atoms with Crippen LogP contribution in [0.3, 0.4) is 0 Å². The normalized spacial score (nSPS) is 50.1. The van der Waals surface area contributed by atoms with Crippen molar-refractivity contribution in [2.24, 2.45) is 52.3 Å². The Balaban J connectivity index is 1.65. The Morgan fingerprint density at radius 2 is 1.85 bits per heavy atom. The molecule has 0 aromatic carbocycles. The van der Waals surface area contributed by atoms with E-state index in [2.05, 4.69) is 27.7 Å². The fraction of sp³-hybridized carbons (Fsp3) is 0.964. The lowest BCUT2D eigenvalue weighted by Gasteiger charge is -2.66. The quantitative estimate of drug-likeness (QED) is 0.502. The highest BCUT2D eigenvalue weighted by Gasteiger charge is 2.67. The fourth-order valence-electron chi connectivity index (χ4n) is 9.99. The average Bonchev–Trinajstić information content (AvgIpc) is 3.09. The number of aliphatic hydroxyl groups excluding tert-OH is 3. The van der Waals surface area contributed by atoms with E-state index in [1.54, 1.807) is 0 Å². The van der Waals surface area contributed by atoms with Gasteiger partial charge >= 0.3 is 5.97 Å². The first kappa shape index (κ1) is 25.4. The van der Waals surface area contributed by atoms with Gasteiger partial charge in [0, 0.05) is 13.5 Å². The SMILES string of the molecule is CC[C@H]1[C@@H](O)C2C3CC[C@H]([C@H](C)CCCO)[C@@]3(C)C[C@H](O)C2[C@@]2(C)CC[C@@H](OC(C)=O)C[C@@H]12. The molecule has 0 heterocycles. The lowest BCUT2D eigenvalue weighted by molar-refractivity contribution is -0.237. The van der Waals surface area contributed by atoms with Crippen LogP contribution in [0.1, 0.15) is 92.4 Å². The number of hydrogen-bond donors (Lipinski definition) is 3. The molecule has 4 aliphatic rings. The molecule has 0 saturated heterocycles. The van der Waals surface area contributed by atoms with Gasteiger partial charge in [0.15, 0.2) is 0 Å². The molecule has 3 N–H and O–H groups in total. The summed E-state index contributed by atoms with van der Waals surface area (Å²) in [6.07, 6.45) is 7.70. The predicted octanol–water partition coefficient (Wildman–Crippen LogP) is 4.56. The number of aliphatic hydroxyl groups is 3. The van der Waals surface area contributed by atoms with Crippen LogP contribution in [-0.4, -0.2) is 46.2 Å². The Hall–Kier alpha value is -0.650. The molecule has 0 aliphatic heterocycles. The van der Waals surface area contributed by atoms with Crippen LogP contribution in [0.4, 0.5) is 0 Å². The molecule has 3 unspecified atom stereocenters. The highest BCUT2D eigenvalue weighted by atomic mass is 16.5. The Bertz CT molecular complexity index is 710. The van der Waals surface area contributed by atoms with Crippen LogP contribution in [-0.2, 0) is 9.53 Å². The minimum atomic E-state index is -0.403. The van der Waals surface area contributed by atoms with Gasteiger partial charge in [0.1, 0.15) is 6.10 Å². The summed E-state index contributed by atoms with van der Waals surface area (Å²) < 4.78 is 5.63. The van der Waals surface area contributed by atoms with E-state index in [1.807, 2.05) is 0 Å². The Morgan fingerprint density at radius 1 is 1.12 bits per heavy atom. The van der Waals surface area contributed by atoms with E-state index in [0.29, 0.717) is 17.8 Å². The predicted molar refractivity (Wildman–Crippen MR) is 128 cm³/mol. The maximum atomic E-state index is 11.9. The zero-order valence-corrected chi connectivity index (χ0v) is 21.5. The van der Waals surface area contributed by atoms with Crippen LogP contribution >= 0.6 is 0 Å². The van der Waals surface area contributed by atoms with Crippen LogP contribution in [0.15, 0.2) is 0 Å². The standard InChI is InChI=1S/C28H48O5/c1-6-19-22-14-18(33-17(3)30)11-12-27(22,4)25-23(31)15-28(5)20(16(2)8-7-13-29)9-10-21(28)24(25)26(19)32/h16,18-26,29,31-32H,6-15H2,1-5H3/t16-,18-,19-,20-,21?,22+,23+,24?,25?,26-,27+,28-/m1/s1. The van der Waals surface area contributed by atoms with Gasteiger partial charge in [-0.15, -0.1) is 0 Å². The minimum absolute atomic E-state index is 0.0252. The number of carbonyl (C=O) groups excluding carboxylic acids is 1. The van der Waals surface area contributed by atoms with Gasteiger partial charge in [-0.2, -0.15) is 0 Å². The van der Waals surface area contributed by atoms with Crippen molar-refractivity contribution in [3.63, 3.8) is 0 Å². The van der Waals surface area contributed by atoms with Crippen molar-refractivity contribution in [1.29, 1.82) is 0 Å². The third kappa shape index (κ3) is 4.08. The van der Waals surface area contributed by atoms with E-state index < -0.39 is 12.2 Å². The van der Waals surface area contributed by atoms with Crippen LogP contribution < -0.4 is 0 Å². The van der Waals surface area contributed by atoms with Gasteiger partial charge in [0.05, 0.1) is 12.2 Å². The molecule has 4 saturated carbocycles. The van der Waals surface area contributed by atoms with Gasteiger partial charge in [-0.25, -0.2) is 0 Å². The molecule has 12 atom stereocenters. The zero-order valence-electron chi connectivity index (χ0n) is 21.5. The highest BCUT2D eigenvalue weighted by Crippen LogP contribution is 2.69. The average molecular weight is 465 g/mol. The first-order valence-corrected chi connectivity index (χ1v) is 13.7. The van der Waals surface area contributed by atoms with Crippen molar-refractivity contribution >= 4 is 5.97 Å². The molecule has 0 radical (unpaired) electrons. The summed E-state index contributed by atoms with van der Waals surface area (Å²) in [7, 11) is 0. The van der Waals surface area contributed by atoms with Crippen LogP contribution in [0.5, 0.6) is 0 Å². The Labute approximate surface area is 200 Å². The molecule has 33 heavy (non-hydrogen) atoms. The minimum Gasteiger partial charge on any atom is -0.463 e. The van der Waals surface area contributed by atoms with Gasteiger partial charge < -0.3 is 20.1 Å². The molecule has 4 fully saturated rings. The molecule has 0 amide bonds.